The highest BCUT2D eigenvalue weighted by Gasteiger charge is 1.92. The van der Waals surface area contributed by atoms with Gasteiger partial charge < -0.3 is 0 Å². The first-order valence-corrected chi connectivity index (χ1v) is 9.60. The number of isothiocyanates is 1. The van der Waals surface area contributed by atoms with Crippen LogP contribution in [0.5, 0.6) is 0 Å². The van der Waals surface area contributed by atoms with Gasteiger partial charge in [-0.25, -0.2) is 0 Å². The van der Waals surface area contributed by atoms with Crippen LogP contribution >= 0.6 is 21.5 Å². The van der Waals surface area contributed by atoms with Crippen LogP contribution in [0.4, 0.5) is 5.69 Å². The molecular weight excluding hydrogens is 365 g/mol. The van der Waals surface area contributed by atoms with Crippen molar-refractivity contribution in [2.75, 3.05) is 0 Å². The molecule has 128 valence electrons. The van der Waals surface area contributed by atoms with E-state index in [2.05, 4.69) is 79.6 Å². The monoisotopic (exact) mass is 381 g/mol. The van der Waals surface area contributed by atoms with E-state index in [1.165, 1.54) is 5.56 Å². The molecule has 0 radical (unpaired) electrons. The van der Waals surface area contributed by atoms with Gasteiger partial charge in [0.25, 0.3) is 0 Å². The molecule has 1 unspecified atom stereocenters. The minimum atomic E-state index is 0.779. The number of rotatable bonds is 2. The lowest BCUT2D eigenvalue weighted by atomic mass is 10.1. The molecule has 0 saturated heterocycles. The van der Waals surface area contributed by atoms with Gasteiger partial charge >= 0.3 is 0 Å². The number of benzene rings is 3. The summed E-state index contributed by atoms with van der Waals surface area (Å²) in [4.78, 5) is 3.93. The Hall–Kier alpha value is -2.99. The molecule has 0 aromatic heterocycles. The van der Waals surface area contributed by atoms with Crippen LogP contribution in [0.15, 0.2) is 77.8 Å². The minimum Gasteiger partial charge on any atom is -0.195 e. The summed E-state index contributed by atoms with van der Waals surface area (Å²) in [6, 6.07) is 23.8. The number of thiocarbonyl (C=S) groups is 1. The largest absolute Gasteiger partial charge is 0.195 e. The van der Waals surface area contributed by atoms with Gasteiger partial charge in [0.1, 0.15) is 0 Å². The number of hydrogen-bond acceptors (Lipinski definition) is 2. The second-order valence-electron chi connectivity index (χ2n) is 5.73. The third kappa shape index (κ3) is 5.76. The van der Waals surface area contributed by atoms with Gasteiger partial charge in [-0.15, -0.1) is 9.24 Å². The van der Waals surface area contributed by atoms with Gasteiger partial charge in [0.2, 0.25) is 0 Å². The Morgan fingerprint density at radius 1 is 0.630 bits per heavy atom. The van der Waals surface area contributed by atoms with Crippen molar-refractivity contribution in [3.05, 3.63) is 101 Å². The maximum absolute atomic E-state index is 4.59. The fourth-order valence-electron chi connectivity index (χ4n) is 2.32. The van der Waals surface area contributed by atoms with Crippen LogP contribution in [-0.2, 0) is 6.16 Å². The van der Waals surface area contributed by atoms with Crippen molar-refractivity contribution in [1.82, 2.24) is 0 Å². The van der Waals surface area contributed by atoms with E-state index in [0.717, 1.165) is 34.1 Å². The zero-order valence-electron chi connectivity index (χ0n) is 14.6. The fraction of sp³-hybridized carbons (Fsp3) is 0.0417. The van der Waals surface area contributed by atoms with Gasteiger partial charge in [0, 0.05) is 22.3 Å². The van der Waals surface area contributed by atoms with E-state index in [1.54, 1.807) is 0 Å². The lowest BCUT2D eigenvalue weighted by molar-refractivity contribution is 1.41. The summed E-state index contributed by atoms with van der Waals surface area (Å²) < 4.78 is 0. The Kier molecular flexibility index (Phi) is 6.71. The van der Waals surface area contributed by atoms with Gasteiger partial charge in [0.05, 0.1) is 10.8 Å². The maximum Gasteiger partial charge on any atom is 0.0740 e. The second-order valence-corrected chi connectivity index (χ2v) is 6.32. The Morgan fingerprint density at radius 3 is 1.37 bits per heavy atom. The Labute approximate surface area is 167 Å². The molecule has 0 aliphatic heterocycles. The van der Waals surface area contributed by atoms with Crippen molar-refractivity contribution in [1.29, 1.82) is 0 Å². The Morgan fingerprint density at radius 2 is 1.00 bits per heavy atom. The molecule has 1 atom stereocenters. The van der Waals surface area contributed by atoms with Crippen molar-refractivity contribution in [2.24, 2.45) is 4.99 Å². The van der Waals surface area contributed by atoms with Gasteiger partial charge in [0.15, 0.2) is 0 Å². The minimum absolute atomic E-state index is 0.779. The lowest BCUT2D eigenvalue weighted by Gasteiger charge is -1.95. The zero-order chi connectivity index (χ0) is 18.9. The van der Waals surface area contributed by atoms with Crippen LogP contribution in [0.1, 0.15) is 27.8 Å². The summed E-state index contributed by atoms with van der Waals surface area (Å²) in [7, 11) is 2.72. The third-order valence-electron chi connectivity index (χ3n) is 3.82. The molecule has 27 heavy (non-hydrogen) atoms. The highest BCUT2D eigenvalue weighted by atomic mass is 32.1. The van der Waals surface area contributed by atoms with E-state index in [1.807, 2.05) is 48.5 Å². The topological polar surface area (TPSA) is 12.4 Å². The van der Waals surface area contributed by atoms with Crippen LogP contribution in [0.3, 0.4) is 0 Å². The van der Waals surface area contributed by atoms with E-state index >= 15 is 0 Å². The van der Waals surface area contributed by atoms with Crippen molar-refractivity contribution < 1.29 is 0 Å². The van der Waals surface area contributed by atoms with E-state index in [-0.39, 0.29) is 0 Å². The second kappa shape index (κ2) is 9.64. The highest BCUT2D eigenvalue weighted by Crippen LogP contribution is 2.12. The fourth-order valence-corrected chi connectivity index (χ4v) is 2.70. The zero-order valence-corrected chi connectivity index (χ0v) is 16.5. The van der Waals surface area contributed by atoms with Gasteiger partial charge in [-0.3, -0.25) is 0 Å². The van der Waals surface area contributed by atoms with Gasteiger partial charge in [-0.05, 0) is 84.6 Å². The SMILES string of the molecule is PCc1ccc(C#Cc2ccc(C#Cc3ccc(N=C=S)cc3)cc2)cc1. The molecule has 3 aromatic rings. The normalized spacial score (nSPS) is 9.22. The molecular formula is C24H16NPS. The molecule has 0 spiro atoms. The summed E-state index contributed by atoms with van der Waals surface area (Å²) in [5.41, 5.74) is 5.93. The van der Waals surface area contributed by atoms with E-state index < -0.39 is 0 Å². The first-order chi connectivity index (χ1) is 13.3. The predicted octanol–water partition coefficient (Wildman–Crippen LogP) is 5.60. The standard InChI is InChI=1S/C24H16NPS/c26-17-23-11-9-21(10-12-23)6-5-19-1-3-20(4-2-19)7-8-22-13-15-24(16-14-22)25-18-27/h1-4,9-16H,17,26H2. The summed E-state index contributed by atoms with van der Waals surface area (Å²) in [5, 5.41) is 2.35. The number of hydrogen-bond donors (Lipinski definition) is 0. The van der Waals surface area contributed by atoms with Crippen LogP contribution in [-0.4, -0.2) is 5.16 Å². The molecule has 1 nitrogen and oxygen atoms in total. The molecule has 0 N–H and O–H groups in total. The molecule has 0 amide bonds. The molecule has 3 rings (SSSR count). The summed E-state index contributed by atoms with van der Waals surface area (Å²) in [6.45, 7) is 0. The molecule has 0 fully saturated rings. The van der Waals surface area contributed by atoms with Crippen molar-refractivity contribution in [3.8, 4) is 23.7 Å². The summed E-state index contributed by atoms with van der Waals surface area (Å²) in [5.74, 6) is 12.7. The van der Waals surface area contributed by atoms with Crippen LogP contribution in [0, 0.1) is 23.7 Å². The van der Waals surface area contributed by atoms with Crippen molar-refractivity contribution in [2.45, 2.75) is 6.16 Å². The van der Waals surface area contributed by atoms with E-state index in [4.69, 9.17) is 0 Å². The van der Waals surface area contributed by atoms with Crippen LogP contribution in [0.25, 0.3) is 0 Å². The maximum atomic E-state index is 4.59. The molecule has 0 aliphatic carbocycles. The Bertz CT molecular complexity index is 1080. The molecule has 0 heterocycles. The number of nitrogens with zero attached hydrogens (tertiary/aromatic N) is 1. The molecule has 0 bridgehead atoms. The van der Waals surface area contributed by atoms with Crippen molar-refractivity contribution in [3.63, 3.8) is 0 Å². The average molecular weight is 381 g/mol. The van der Waals surface area contributed by atoms with Crippen LogP contribution in [0.2, 0.25) is 0 Å². The van der Waals surface area contributed by atoms with E-state index in [9.17, 15) is 0 Å². The molecule has 3 aromatic carbocycles. The highest BCUT2D eigenvalue weighted by molar-refractivity contribution is 7.78. The van der Waals surface area contributed by atoms with Crippen molar-refractivity contribution >= 4 is 32.3 Å². The quantitative estimate of drug-likeness (QED) is 0.244. The van der Waals surface area contributed by atoms with Gasteiger partial charge in [-0.1, -0.05) is 35.8 Å². The Balaban J connectivity index is 1.69. The number of aliphatic imine (C=N–C) groups is 1. The summed E-state index contributed by atoms with van der Waals surface area (Å²) in [6.07, 6.45) is 0.960. The molecule has 0 saturated carbocycles. The molecule has 3 heteroatoms. The lowest BCUT2D eigenvalue weighted by Crippen LogP contribution is -1.80. The summed E-state index contributed by atoms with van der Waals surface area (Å²) >= 11 is 4.59. The molecule has 0 aliphatic rings. The predicted molar refractivity (Wildman–Crippen MR) is 119 cm³/mol. The van der Waals surface area contributed by atoms with E-state index in [0.29, 0.717) is 0 Å². The smallest absolute Gasteiger partial charge is 0.0740 e. The van der Waals surface area contributed by atoms with Crippen LogP contribution < -0.4 is 0 Å². The third-order valence-corrected chi connectivity index (χ3v) is 4.38. The van der Waals surface area contributed by atoms with Gasteiger partial charge in [-0.2, -0.15) is 4.99 Å². The first kappa shape index (κ1) is 18.8. The first-order valence-electron chi connectivity index (χ1n) is 8.38. The average Bonchev–Trinajstić information content (AvgIpc) is 2.73.